The predicted molar refractivity (Wildman–Crippen MR) is 70.1 cm³/mol. The zero-order chi connectivity index (χ0) is 14.5. The fourth-order valence-electron chi connectivity index (χ4n) is 1.05. The predicted octanol–water partition coefficient (Wildman–Crippen LogP) is 1.04. The molecule has 2 N–H and O–H groups in total. The number of ether oxygens (including phenoxy) is 2. The average molecular weight is 263 g/mol. The van der Waals surface area contributed by atoms with Crippen molar-refractivity contribution >= 4 is 5.97 Å². The fourth-order valence-corrected chi connectivity index (χ4v) is 1.05. The lowest BCUT2D eigenvalue weighted by atomic mass is 10.2. The van der Waals surface area contributed by atoms with E-state index in [-0.39, 0.29) is 18.8 Å². The first-order valence-electron chi connectivity index (χ1n) is 5.48. The Kier molecular flexibility index (Phi) is 9.62. The lowest BCUT2D eigenvalue weighted by Crippen LogP contribution is -2.07. The highest BCUT2D eigenvalue weighted by Crippen LogP contribution is 2.04. The molecule has 0 aliphatic heterocycles. The Morgan fingerprint density at radius 1 is 1.68 bits per heavy atom. The van der Waals surface area contributed by atoms with E-state index < -0.39 is 5.97 Å². The number of carbonyl (C=O) groups is 1. The molecule has 0 saturated carbocycles. The van der Waals surface area contributed by atoms with E-state index in [4.69, 9.17) is 14.7 Å². The van der Waals surface area contributed by atoms with Crippen LogP contribution in [0.1, 0.15) is 16.1 Å². The van der Waals surface area contributed by atoms with Crippen LogP contribution >= 0.6 is 0 Å². The molecule has 0 fully saturated rings. The summed E-state index contributed by atoms with van der Waals surface area (Å²) in [7, 11) is 1.59. The summed E-state index contributed by atoms with van der Waals surface area (Å²) >= 11 is 0. The van der Waals surface area contributed by atoms with Crippen LogP contribution in [0.5, 0.6) is 0 Å². The van der Waals surface area contributed by atoms with Crippen LogP contribution in [0.3, 0.4) is 0 Å². The van der Waals surface area contributed by atoms with Crippen molar-refractivity contribution in [2.45, 2.75) is 6.61 Å². The maximum absolute atomic E-state index is 11.4. The van der Waals surface area contributed by atoms with Crippen LogP contribution in [-0.4, -0.2) is 31.2 Å². The van der Waals surface area contributed by atoms with Gasteiger partial charge in [0.05, 0.1) is 19.2 Å². The third-order valence-corrected chi connectivity index (χ3v) is 1.77. The van der Waals surface area contributed by atoms with Gasteiger partial charge in [-0.2, -0.15) is 5.26 Å². The van der Waals surface area contributed by atoms with E-state index in [1.165, 1.54) is 6.08 Å². The molecule has 1 aromatic rings. The topological polar surface area (TPSA) is 98.2 Å². The van der Waals surface area contributed by atoms with Gasteiger partial charge in [0, 0.05) is 13.3 Å². The molecular weight excluding hydrogens is 246 g/mol. The molecule has 0 radical (unpaired) electrons. The van der Waals surface area contributed by atoms with Gasteiger partial charge in [0.15, 0.2) is 0 Å². The number of nitrogens with zero attached hydrogens (tertiary/aromatic N) is 2. The molecule has 0 spiro atoms. The molecule has 0 unspecified atom stereocenters. The lowest BCUT2D eigenvalue weighted by molar-refractivity contribution is 0.0542. The summed E-state index contributed by atoms with van der Waals surface area (Å²) in [6.45, 7) is 4.22. The Morgan fingerprint density at radius 2 is 2.37 bits per heavy atom. The standard InChI is InChI=1S/C11H13NO3.C2H4N2/c1-3-6-15-11(13)10-7-9(8-14-2)4-5-12-10;3-1-2-4/h3-5,7H,1,6,8H2,2H3;1,3H2. The molecule has 1 aromatic heterocycles. The van der Waals surface area contributed by atoms with Crippen molar-refractivity contribution < 1.29 is 14.3 Å². The van der Waals surface area contributed by atoms with Gasteiger partial charge >= 0.3 is 5.97 Å². The van der Waals surface area contributed by atoms with Crippen molar-refractivity contribution in [3.8, 4) is 6.07 Å². The van der Waals surface area contributed by atoms with Gasteiger partial charge in [-0.3, -0.25) is 0 Å². The first-order valence-corrected chi connectivity index (χ1v) is 5.48. The second-order valence-electron chi connectivity index (χ2n) is 3.23. The van der Waals surface area contributed by atoms with E-state index in [0.29, 0.717) is 6.61 Å². The van der Waals surface area contributed by atoms with E-state index in [1.807, 2.05) is 0 Å². The summed E-state index contributed by atoms with van der Waals surface area (Å²) in [6.07, 6.45) is 3.07. The number of aromatic nitrogens is 1. The number of rotatable bonds is 5. The molecule has 0 aromatic carbocycles. The van der Waals surface area contributed by atoms with Crippen LogP contribution < -0.4 is 5.73 Å². The minimum Gasteiger partial charge on any atom is -0.457 e. The Labute approximate surface area is 112 Å². The molecule has 1 rings (SSSR count). The first-order chi connectivity index (χ1) is 9.19. The van der Waals surface area contributed by atoms with Gasteiger partial charge in [0.2, 0.25) is 0 Å². The number of pyridine rings is 1. The van der Waals surface area contributed by atoms with Crippen molar-refractivity contribution in [1.29, 1.82) is 5.26 Å². The Bertz CT molecular complexity index is 441. The third-order valence-electron chi connectivity index (χ3n) is 1.77. The molecule has 0 aliphatic rings. The second-order valence-corrected chi connectivity index (χ2v) is 3.23. The van der Waals surface area contributed by atoms with Crippen LogP contribution in [0.2, 0.25) is 0 Å². The number of nitrogens with two attached hydrogens (primary N) is 1. The van der Waals surface area contributed by atoms with E-state index in [9.17, 15) is 4.79 Å². The fraction of sp³-hybridized carbons (Fsp3) is 0.308. The van der Waals surface area contributed by atoms with E-state index >= 15 is 0 Å². The van der Waals surface area contributed by atoms with Gasteiger partial charge in [-0.15, -0.1) is 0 Å². The highest BCUT2D eigenvalue weighted by molar-refractivity contribution is 5.87. The molecule has 1 heterocycles. The molecule has 0 saturated heterocycles. The van der Waals surface area contributed by atoms with Crippen molar-refractivity contribution in [2.24, 2.45) is 5.73 Å². The highest BCUT2D eigenvalue weighted by atomic mass is 16.5. The molecule has 0 bridgehead atoms. The Hall–Kier alpha value is -2.23. The molecule has 6 heteroatoms. The zero-order valence-electron chi connectivity index (χ0n) is 10.8. The van der Waals surface area contributed by atoms with E-state index in [2.05, 4.69) is 17.3 Å². The van der Waals surface area contributed by atoms with Crippen molar-refractivity contribution in [2.75, 3.05) is 20.3 Å². The summed E-state index contributed by atoms with van der Waals surface area (Å²) in [5.41, 5.74) is 5.84. The van der Waals surface area contributed by atoms with Crippen LogP contribution in [-0.2, 0) is 16.1 Å². The number of hydrogen-bond acceptors (Lipinski definition) is 6. The molecule has 0 aliphatic carbocycles. The molecule has 102 valence electrons. The number of esters is 1. The van der Waals surface area contributed by atoms with Crippen molar-refractivity contribution in [3.63, 3.8) is 0 Å². The van der Waals surface area contributed by atoms with Gasteiger partial charge in [0.25, 0.3) is 0 Å². The summed E-state index contributed by atoms with van der Waals surface area (Å²) in [5.74, 6) is -0.451. The van der Waals surface area contributed by atoms with Crippen molar-refractivity contribution in [3.05, 3.63) is 42.2 Å². The molecule has 0 atom stereocenters. The van der Waals surface area contributed by atoms with E-state index in [0.717, 1.165) is 5.56 Å². The normalized spacial score (nSPS) is 8.68. The smallest absolute Gasteiger partial charge is 0.357 e. The minimum absolute atomic E-state index is 0.125. The van der Waals surface area contributed by atoms with E-state index in [1.54, 1.807) is 31.5 Å². The summed E-state index contributed by atoms with van der Waals surface area (Å²) in [5, 5.41) is 7.50. The molecule has 0 amide bonds. The maximum Gasteiger partial charge on any atom is 0.357 e. The highest BCUT2D eigenvalue weighted by Gasteiger charge is 2.08. The summed E-state index contributed by atoms with van der Waals surface area (Å²) in [6, 6.07) is 5.14. The van der Waals surface area contributed by atoms with Crippen molar-refractivity contribution in [1.82, 2.24) is 4.98 Å². The summed E-state index contributed by atoms with van der Waals surface area (Å²) < 4.78 is 9.80. The third kappa shape index (κ3) is 7.65. The lowest BCUT2D eigenvalue weighted by Gasteiger charge is -2.03. The molecular formula is C13H17N3O3. The molecule has 6 nitrogen and oxygen atoms in total. The van der Waals surface area contributed by atoms with Gasteiger partial charge < -0.3 is 15.2 Å². The van der Waals surface area contributed by atoms with Crippen LogP contribution in [0.25, 0.3) is 0 Å². The second kappa shape index (κ2) is 10.9. The van der Waals surface area contributed by atoms with Gasteiger partial charge in [0.1, 0.15) is 12.3 Å². The number of carbonyl (C=O) groups excluding carboxylic acids is 1. The van der Waals surface area contributed by atoms with Crippen LogP contribution in [0, 0.1) is 11.3 Å². The van der Waals surface area contributed by atoms with Crippen LogP contribution in [0.15, 0.2) is 31.0 Å². The minimum atomic E-state index is -0.451. The SMILES string of the molecule is C=CCOC(=O)c1cc(COC)ccn1.N#CCN. The van der Waals surface area contributed by atoms with Crippen LogP contribution in [0.4, 0.5) is 0 Å². The maximum atomic E-state index is 11.4. The average Bonchev–Trinajstić information content (AvgIpc) is 2.45. The first kappa shape index (κ1) is 16.8. The number of methoxy groups -OCH3 is 1. The van der Waals surface area contributed by atoms with Gasteiger partial charge in [-0.25, -0.2) is 9.78 Å². The number of hydrogen-bond donors (Lipinski definition) is 1. The Balaban J connectivity index is 0.000000711. The quantitative estimate of drug-likeness (QED) is 0.484. The molecule has 19 heavy (non-hydrogen) atoms. The van der Waals surface area contributed by atoms with Gasteiger partial charge in [-0.1, -0.05) is 12.7 Å². The monoisotopic (exact) mass is 263 g/mol. The number of nitriles is 1. The Morgan fingerprint density at radius 3 is 2.89 bits per heavy atom. The zero-order valence-corrected chi connectivity index (χ0v) is 10.8. The van der Waals surface area contributed by atoms with Gasteiger partial charge in [-0.05, 0) is 17.7 Å². The largest absolute Gasteiger partial charge is 0.457 e. The summed E-state index contributed by atoms with van der Waals surface area (Å²) in [4.78, 5) is 15.3.